The number of carboxylic acid groups (broad SMARTS) is 3. The molecule has 0 saturated carbocycles. The van der Waals surface area contributed by atoms with E-state index >= 15 is 0 Å². The van der Waals surface area contributed by atoms with Crippen LogP contribution in [0.15, 0.2) is 66.7 Å². The number of non-ortho nitro benzene ring substituents is 1. The molecule has 3 N–H and O–H groups in total. The first kappa shape index (κ1) is 27.3. The lowest BCUT2D eigenvalue weighted by atomic mass is 10.1. The third-order valence-corrected chi connectivity index (χ3v) is 7.87. The predicted molar refractivity (Wildman–Crippen MR) is 146 cm³/mol. The number of carboxylic acids is 3. The number of nitro benzene ring substituents is 1. The number of nitrogens with zero attached hydrogens (tertiary/aromatic N) is 2. The first-order chi connectivity index (χ1) is 18.6. The van der Waals surface area contributed by atoms with E-state index < -0.39 is 42.5 Å². The fourth-order valence-corrected chi connectivity index (χ4v) is 5.84. The van der Waals surface area contributed by atoms with Gasteiger partial charge in [-0.15, -0.1) is 22.7 Å². The van der Waals surface area contributed by atoms with E-state index in [0.29, 0.717) is 5.56 Å². The van der Waals surface area contributed by atoms with E-state index in [4.69, 9.17) is 9.84 Å². The van der Waals surface area contributed by atoms with Crippen LogP contribution in [0.3, 0.4) is 0 Å². The molecular weight excluding hydrogens is 548 g/mol. The van der Waals surface area contributed by atoms with Crippen LogP contribution in [0.1, 0.15) is 0 Å². The van der Waals surface area contributed by atoms with Crippen molar-refractivity contribution in [2.45, 2.75) is 0 Å². The highest BCUT2D eigenvalue weighted by atomic mass is 32.1. The van der Waals surface area contributed by atoms with Crippen LogP contribution in [0.2, 0.25) is 0 Å². The lowest BCUT2D eigenvalue weighted by Gasteiger charge is -2.23. The van der Waals surface area contributed by atoms with Crippen molar-refractivity contribution >= 4 is 52.0 Å². The van der Waals surface area contributed by atoms with Crippen LogP contribution in [0.25, 0.3) is 30.6 Å². The quantitative estimate of drug-likeness (QED) is 0.153. The van der Waals surface area contributed by atoms with E-state index in [0.717, 1.165) is 30.0 Å². The summed E-state index contributed by atoms with van der Waals surface area (Å²) < 4.78 is 5.41. The highest BCUT2D eigenvalue weighted by Crippen LogP contribution is 2.42. The molecule has 0 amide bonds. The Balaban J connectivity index is 1.63. The molecule has 4 rings (SSSR count). The van der Waals surface area contributed by atoms with Crippen molar-refractivity contribution in [3.63, 3.8) is 0 Å². The smallest absolute Gasteiger partial charge is 0.341 e. The minimum absolute atomic E-state index is 0.0187. The average molecular weight is 569 g/mol. The number of hydrogen-bond donors (Lipinski definition) is 3. The summed E-state index contributed by atoms with van der Waals surface area (Å²) in [6, 6.07) is 18.8. The maximum absolute atomic E-state index is 11.3. The highest BCUT2D eigenvalue weighted by Gasteiger charge is 2.20. The Morgan fingerprint density at radius 3 is 1.77 bits per heavy atom. The average Bonchev–Trinajstić information content (AvgIpc) is 3.57. The third kappa shape index (κ3) is 6.77. The number of anilines is 1. The van der Waals surface area contributed by atoms with E-state index in [1.165, 1.54) is 40.9 Å². The Labute approximate surface area is 228 Å². The Hall–Kier alpha value is -4.75. The summed E-state index contributed by atoms with van der Waals surface area (Å²) in [6.07, 6.45) is 0. The van der Waals surface area contributed by atoms with Crippen molar-refractivity contribution in [3.8, 4) is 36.4 Å². The van der Waals surface area contributed by atoms with E-state index in [9.17, 15) is 34.7 Å². The molecule has 0 unspecified atom stereocenters. The number of hydrogen-bond acceptors (Lipinski definition) is 9. The molecule has 0 aliphatic heterocycles. The van der Waals surface area contributed by atoms with Crippen molar-refractivity contribution in [2.24, 2.45) is 0 Å². The Kier molecular flexibility index (Phi) is 8.22. The third-order valence-electron chi connectivity index (χ3n) is 5.41. The van der Waals surface area contributed by atoms with Gasteiger partial charge >= 0.3 is 17.9 Å². The minimum atomic E-state index is -1.25. The fourth-order valence-electron chi connectivity index (χ4n) is 3.73. The first-order valence-electron chi connectivity index (χ1n) is 11.2. The van der Waals surface area contributed by atoms with Gasteiger partial charge in [-0.2, -0.15) is 0 Å². The van der Waals surface area contributed by atoms with E-state index in [-0.39, 0.29) is 17.1 Å². The molecule has 0 aliphatic carbocycles. The summed E-state index contributed by atoms with van der Waals surface area (Å²) in [7, 11) is 0. The maximum Gasteiger partial charge on any atom is 0.341 e. The molecule has 200 valence electrons. The van der Waals surface area contributed by atoms with E-state index in [1.54, 1.807) is 24.3 Å². The standard InChI is InChI=1S/C26H20N2O9S2/c29-24(30)12-27(13-25(31)32)18-6-3-16(11-19(18)37-14-26(33)34)21-8-10-23(39-21)22-9-7-20(38-22)15-1-4-17(5-2-15)28(35)36/h1-11H,12-14H2,(H,29,30)(H,31,32)(H,33,34). The minimum Gasteiger partial charge on any atom is -0.480 e. The summed E-state index contributed by atoms with van der Waals surface area (Å²) in [5, 5.41) is 38.4. The monoisotopic (exact) mass is 568 g/mol. The fraction of sp³-hybridized carbons (Fsp3) is 0.115. The van der Waals surface area contributed by atoms with Crippen LogP contribution < -0.4 is 9.64 Å². The van der Waals surface area contributed by atoms with Crippen LogP contribution in [0, 0.1) is 10.1 Å². The van der Waals surface area contributed by atoms with Crippen LogP contribution in [-0.2, 0) is 14.4 Å². The number of thiophene rings is 2. The van der Waals surface area contributed by atoms with Gasteiger partial charge in [0.15, 0.2) is 6.61 Å². The van der Waals surface area contributed by atoms with Gasteiger partial charge < -0.3 is 25.0 Å². The molecule has 0 bridgehead atoms. The molecule has 2 aromatic carbocycles. The number of benzene rings is 2. The molecule has 2 heterocycles. The van der Waals surface area contributed by atoms with Crippen molar-refractivity contribution < 1.29 is 39.4 Å². The molecule has 0 aliphatic rings. The molecule has 4 aromatic rings. The molecule has 0 radical (unpaired) electrons. The van der Waals surface area contributed by atoms with Crippen LogP contribution in [-0.4, -0.2) is 57.8 Å². The van der Waals surface area contributed by atoms with Gasteiger partial charge in [-0.25, -0.2) is 4.79 Å². The maximum atomic E-state index is 11.3. The molecule has 0 atom stereocenters. The van der Waals surface area contributed by atoms with Crippen molar-refractivity contribution in [3.05, 3.63) is 76.8 Å². The summed E-state index contributed by atoms with van der Waals surface area (Å²) >= 11 is 3.00. The van der Waals surface area contributed by atoms with Crippen LogP contribution in [0.4, 0.5) is 11.4 Å². The molecule has 0 spiro atoms. The van der Waals surface area contributed by atoms with Crippen molar-refractivity contribution in [1.29, 1.82) is 0 Å². The van der Waals surface area contributed by atoms with E-state index in [2.05, 4.69) is 0 Å². The van der Waals surface area contributed by atoms with Crippen LogP contribution in [0.5, 0.6) is 5.75 Å². The molecule has 0 saturated heterocycles. The first-order valence-corrected chi connectivity index (χ1v) is 12.9. The summed E-state index contributed by atoms with van der Waals surface area (Å²) in [5.74, 6) is -3.70. The molecule has 2 aromatic heterocycles. The largest absolute Gasteiger partial charge is 0.480 e. The second-order valence-corrected chi connectivity index (χ2v) is 10.3. The second kappa shape index (κ2) is 11.8. The van der Waals surface area contributed by atoms with Gasteiger partial charge in [0.1, 0.15) is 18.8 Å². The Morgan fingerprint density at radius 1 is 0.744 bits per heavy atom. The summed E-state index contributed by atoms with van der Waals surface area (Å²) in [5.41, 5.74) is 1.70. The highest BCUT2D eigenvalue weighted by molar-refractivity contribution is 7.25. The molecule has 0 fully saturated rings. The Bertz CT molecular complexity index is 1530. The van der Waals surface area contributed by atoms with Gasteiger partial charge in [0.05, 0.1) is 10.6 Å². The summed E-state index contributed by atoms with van der Waals surface area (Å²) in [6.45, 7) is -1.93. The zero-order chi connectivity index (χ0) is 28.1. The van der Waals surface area contributed by atoms with Crippen molar-refractivity contribution in [1.82, 2.24) is 0 Å². The lowest BCUT2D eigenvalue weighted by Crippen LogP contribution is -2.34. The molecule has 13 heteroatoms. The molecular formula is C26H20N2O9S2. The number of rotatable bonds is 12. The molecule has 11 nitrogen and oxygen atoms in total. The molecule has 39 heavy (non-hydrogen) atoms. The lowest BCUT2D eigenvalue weighted by molar-refractivity contribution is -0.384. The van der Waals surface area contributed by atoms with Gasteiger partial charge in [0.25, 0.3) is 5.69 Å². The van der Waals surface area contributed by atoms with Crippen LogP contribution >= 0.6 is 22.7 Å². The topological polar surface area (TPSA) is 168 Å². The predicted octanol–water partition coefficient (Wildman–Crippen LogP) is 5.16. The van der Waals surface area contributed by atoms with Gasteiger partial charge in [0, 0.05) is 31.6 Å². The van der Waals surface area contributed by atoms with Gasteiger partial charge in [0.2, 0.25) is 0 Å². The number of aliphatic carboxylic acids is 3. The van der Waals surface area contributed by atoms with Crippen molar-refractivity contribution in [2.75, 3.05) is 24.6 Å². The van der Waals surface area contributed by atoms with E-state index in [1.807, 2.05) is 24.3 Å². The number of carbonyl (C=O) groups is 3. The zero-order valence-corrected chi connectivity index (χ0v) is 21.6. The second-order valence-electron chi connectivity index (χ2n) is 8.14. The van der Waals surface area contributed by atoms with Gasteiger partial charge in [-0.3, -0.25) is 19.7 Å². The SMILES string of the molecule is O=C(O)COc1cc(-c2ccc(-c3ccc(-c4ccc([N+](=O)[O-])cc4)s3)s2)ccc1N(CC(=O)O)CC(=O)O. The number of ether oxygens (including phenoxy) is 1. The Morgan fingerprint density at radius 2 is 1.26 bits per heavy atom. The number of nitro groups is 1. The summed E-state index contributed by atoms with van der Waals surface area (Å²) in [4.78, 5) is 49.0. The normalized spacial score (nSPS) is 10.7. The van der Waals surface area contributed by atoms with Gasteiger partial charge in [-0.1, -0.05) is 6.07 Å². The van der Waals surface area contributed by atoms with Gasteiger partial charge in [-0.05, 0) is 59.7 Å². The zero-order valence-electron chi connectivity index (χ0n) is 20.0.